The number of nitriles is 1. The molecule has 1 aliphatic carbocycles. The Balaban J connectivity index is 1.87. The molecule has 2 aromatic rings. The molecule has 3 heteroatoms. The van der Waals surface area contributed by atoms with E-state index in [-0.39, 0.29) is 6.10 Å². The summed E-state index contributed by atoms with van der Waals surface area (Å²) in [5.74, 6) is 1.67. The number of fused-ring (bicyclic) bond motifs is 1. The van der Waals surface area contributed by atoms with E-state index in [1.54, 1.807) is 6.20 Å². The number of rotatable bonds is 3. The van der Waals surface area contributed by atoms with Gasteiger partial charge in [-0.2, -0.15) is 5.26 Å². The smallest absolute Gasteiger partial charge is 0.148 e. The van der Waals surface area contributed by atoms with E-state index in [4.69, 9.17) is 5.26 Å². The first-order chi connectivity index (χ1) is 11.1. The first-order valence-electron chi connectivity index (χ1n) is 8.54. The van der Waals surface area contributed by atoms with Gasteiger partial charge >= 0.3 is 0 Å². The molecule has 0 saturated heterocycles. The zero-order chi connectivity index (χ0) is 16.4. The van der Waals surface area contributed by atoms with E-state index in [1.165, 1.54) is 18.4 Å². The van der Waals surface area contributed by atoms with Gasteiger partial charge in [-0.25, -0.2) is 4.98 Å². The van der Waals surface area contributed by atoms with E-state index in [0.717, 1.165) is 29.5 Å². The summed E-state index contributed by atoms with van der Waals surface area (Å²) in [4.78, 5) is 4.12. The van der Waals surface area contributed by atoms with Crippen LogP contribution in [0.2, 0.25) is 0 Å². The van der Waals surface area contributed by atoms with Crippen LogP contribution in [0.5, 0.6) is 0 Å². The Morgan fingerprint density at radius 1 is 1.35 bits per heavy atom. The van der Waals surface area contributed by atoms with Gasteiger partial charge in [0.25, 0.3) is 0 Å². The summed E-state index contributed by atoms with van der Waals surface area (Å²) in [7, 11) is 0. The maximum absolute atomic E-state index is 10.1. The second kappa shape index (κ2) is 6.68. The van der Waals surface area contributed by atoms with Gasteiger partial charge in [0.2, 0.25) is 0 Å². The van der Waals surface area contributed by atoms with Crippen molar-refractivity contribution in [3.8, 4) is 6.07 Å². The lowest BCUT2D eigenvalue weighted by molar-refractivity contribution is 0.0477. The Morgan fingerprint density at radius 3 is 2.91 bits per heavy atom. The van der Waals surface area contributed by atoms with Gasteiger partial charge in [-0.15, -0.1) is 0 Å². The second-order valence-corrected chi connectivity index (χ2v) is 7.11. The molecule has 1 saturated carbocycles. The Morgan fingerprint density at radius 2 is 2.17 bits per heavy atom. The zero-order valence-electron chi connectivity index (χ0n) is 13.9. The van der Waals surface area contributed by atoms with Crippen molar-refractivity contribution < 1.29 is 5.11 Å². The summed E-state index contributed by atoms with van der Waals surface area (Å²) in [6.07, 6.45) is 6.00. The normalized spacial score (nSPS) is 25.9. The van der Waals surface area contributed by atoms with Crippen LogP contribution in [-0.4, -0.2) is 16.2 Å². The molecule has 1 heterocycles. The van der Waals surface area contributed by atoms with Crippen LogP contribution in [0.3, 0.4) is 0 Å². The van der Waals surface area contributed by atoms with Crippen LogP contribution < -0.4 is 0 Å². The summed E-state index contributed by atoms with van der Waals surface area (Å²) in [5.41, 5.74) is 1.78. The maximum atomic E-state index is 10.1. The highest BCUT2D eigenvalue weighted by molar-refractivity contribution is 5.86. The highest BCUT2D eigenvalue weighted by atomic mass is 16.3. The average molecular weight is 308 g/mol. The molecule has 0 aliphatic heterocycles. The van der Waals surface area contributed by atoms with E-state index in [2.05, 4.69) is 30.1 Å². The minimum absolute atomic E-state index is 0.234. The highest BCUT2D eigenvalue weighted by Gasteiger charge is 2.31. The van der Waals surface area contributed by atoms with E-state index in [1.807, 2.05) is 19.1 Å². The van der Waals surface area contributed by atoms with Crippen molar-refractivity contribution in [2.24, 2.45) is 17.8 Å². The van der Waals surface area contributed by atoms with Crippen molar-refractivity contribution in [3.05, 3.63) is 41.7 Å². The minimum Gasteiger partial charge on any atom is -0.393 e. The molecule has 23 heavy (non-hydrogen) atoms. The Hall–Kier alpha value is -1.92. The van der Waals surface area contributed by atoms with Crippen molar-refractivity contribution in [3.63, 3.8) is 0 Å². The largest absolute Gasteiger partial charge is 0.393 e. The first-order valence-corrected chi connectivity index (χ1v) is 8.54. The average Bonchev–Trinajstić information content (AvgIpc) is 2.53. The molecular weight excluding hydrogens is 284 g/mol. The Labute approximate surface area is 138 Å². The SMILES string of the molecule is C[C@@H]1CC[C@H]([C@@H](C)O)C(Cc2ccc3c(C#N)nccc3c2)C1. The molecule has 0 spiro atoms. The predicted molar refractivity (Wildman–Crippen MR) is 91.8 cm³/mol. The molecule has 0 radical (unpaired) electrons. The molecule has 1 aromatic carbocycles. The van der Waals surface area contributed by atoms with Gasteiger partial charge in [0, 0.05) is 11.6 Å². The van der Waals surface area contributed by atoms with Gasteiger partial charge in [0.15, 0.2) is 0 Å². The number of hydrogen-bond acceptors (Lipinski definition) is 3. The standard InChI is InChI=1S/C20H24N2O/c1-13-3-5-18(14(2)23)17(9-13)11-15-4-6-19-16(10-15)7-8-22-20(19)12-21/h4,6-8,10,13-14,17-18,23H,3,5,9,11H2,1-2H3/t13-,14-,17?,18-/m1/s1. The molecule has 1 unspecified atom stereocenters. The lowest BCUT2D eigenvalue weighted by Crippen LogP contribution is -2.32. The third-order valence-corrected chi connectivity index (χ3v) is 5.36. The molecular formula is C20H24N2O. The second-order valence-electron chi connectivity index (χ2n) is 7.11. The van der Waals surface area contributed by atoms with Crippen LogP contribution in [0.1, 0.15) is 44.4 Å². The Bertz CT molecular complexity index is 732. The van der Waals surface area contributed by atoms with Crippen LogP contribution in [0.15, 0.2) is 30.5 Å². The molecule has 1 aliphatic rings. The molecule has 1 N–H and O–H groups in total. The molecule has 0 amide bonds. The maximum Gasteiger partial charge on any atom is 0.148 e. The fourth-order valence-electron chi connectivity index (χ4n) is 4.14. The topological polar surface area (TPSA) is 56.9 Å². The fraction of sp³-hybridized carbons (Fsp3) is 0.500. The van der Waals surface area contributed by atoms with Gasteiger partial charge in [-0.05, 0) is 61.0 Å². The zero-order valence-corrected chi connectivity index (χ0v) is 13.9. The van der Waals surface area contributed by atoms with Gasteiger partial charge in [-0.3, -0.25) is 0 Å². The summed E-state index contributed by atoms with van der Waals surface area (Å²) in [6.45, 7) is 4.25. The number of aliphatic hydroxyl groups is 1. The predicted octanol–water partition coefficient (Wildman–Crippen LogP) is 4.08. The van der Waals surface area contributed by atoms with E-state index in [0.29, 0.717) is 17.5 Å². The quantitative estimate of drug-likeness (QED) is 0.929. The van der Waals surface area contributed by atoms with Crippen LogP contribution in [-0.2, 0) is 6.42 Å². The van der Waals surface area contributed by atoms with Crippen molar-refractivity contribution in [1.82, 2.24) is 4.98 Å². The van der Waals surface area contributed by atoms with E-state index < -0.39 is 0 Å². The van der Waals surface area contributed by atoms with Gasteiger partial charge in [0.05, 0.1) is 6.10 Å². The Kier molecular flexibility index (Phi) is 4.63. The molecule has 3 rings (SSSR count). The van der Waals surface area contributed by atoms with Crippen LogP contribution in [0.4, 0.5) is 0 Å². The van der Waals surface area contributed by atoms with Crippen molar-refractivity contribution >= 4 is 10.8 Å². The summed E-state index contributed by atoms with van der Waals surface area (Å²) >= 11 is 0. The summed E-state index contributed by atoms with van der Waals surface area (Å²) in [5, 5.41) is 21.3. The number of nitrogens with zero attached hydrogens (tertiary/aromatic N) is 2. The molecule has 1 fully saturated rings. The summed E-state index contributed by atoms with van der Waals surface area (Å²) in [6, 6.07) is 10.4. The lowest BCUT2D eigenvalue weighted by atomic mass is 9.70. The summed E-state index contributed by atoms with van der Waals surface area (Å²) < 4.78 is 0. The highest BCUT2D eigenvalue weighted by Crippen LogP contribution is 2.38. The van der Waals surface area contributed by atoms with E-state index >= 15 is 0 Å². The fourth-order valence-corrected chi connectivity index (χ4v) is 4.14. The number of aliphatic hydroxyl groups excluding tert-OH is 1. The first kappa shape index (κ1) is 16.0. The molecule has 4 atom stereocenters. The number of benzene rings is 1. The number of pyridine rings is 1. The van der Waals surface area contributed by atoms with Gasteiger partial charge in [0.1, 0.15) is 11.8 Å². The molecule has 0 bridgehead atoms. The van der Waals surface area contributed by atoms with Crippen molar-refractivity contribution in [2.45, 2.75) is 45.6 Å². The number of aromatic nitrogens is 1. The van der Waals surface area contributed by atoms with Crippen LogP contribution in [0, 0.1) is 29.1 Å². The molecule has 1 aromatic heterocycles. The van der Waals surface area contributed by atoms with Crippen molar-refractivity contribution in [1.29, 1.82) is 5.26 Å². The molecule has 3 nitrogen and oxygen atoms in total. The third kappa shape index (κ3) is 3.38. The molecule has 120 valence electrons. The minimum atomic E-state index is -0.234. The van der Waals surface area contributed by atoms with Gasteiger partial charge < -0.3 is 5.11 Å². The third-order valence-electron chi connectivity index (χ3n) is 5.36. The number of hydrogen-bond donors (Lipinski definition) is 1. The monoisotopic (exact) mass is 308 g/mol. The van der Waals surface area contributed by atoms with Gasteiger partial charge in [-0.1, -0.05) is 31.5 Å². The van der Waals surface area contributed by atoms with E-state index in [9.17, 15) is 5.11 Å². The lowest BCUT2D eigenvalue weighted by Gasteiger charge is -2.36. The van der Waals surface area contributed by atoms with Crippen molar-refractivity contribution in [2.75, 3.05) is 0 Å². The van der Waals surface area contributed by atoms with Crippen LogP contribution >= 0.6 is 0 Å². The van der Waals surface area contributed by atoms with Crippen LogP contribution in [0.25, 0.3) is 10.8 Å².